The molecule has 0 spiro atoms. The van der Waals surface area contributed by atoms with E-state index in [2.05, 4.69) is 26.2 Å². The summed E-state index contributed by atoms with van der Waals surface area (Å²) in [4.78, 5) is 17.0. The zero-order valence-electron chi connectivity index (χ0n) is 12.5. The van der Waals surface area contributed by atoms with Crippen molar-refractivity contribution in [2.75, 3.05) is 5.73 Å². The van der Waals surface area contributed by atoms with Gasteiger partial charge in [0.1, 0.15) is 15.4 Å². The van der Waals surface area contributed by atoms with Gasteiger partial charge < -0.3 is 15.8 Å². The fraction of sp³-hybridized carbons (Fsp3) is 0.0588. The lowest BCUT2D eigenvalue weighted by Crippen LogP contribution is -2.23. The third-order valence-electron chi connectivity index (χ3n) is 3.18. The Balaban J connectivity index is 1.65. The van der Waals surface area contributed by atoms with Crippen molar-refractivity contribution in [2.45, 2.75) is 6.54 Å². The van der Waals surface area contributed by atoms with Crippen molar-refractivity contribution >= 4 is 39.0 Å². The molecule has 1 aromatic carbocycles. The van der Waals surface area contributed by atoms with Gasteiger partial charge in [-0.25, -0.2) is 4.98 Å². The van der Waals surface area contributed by atoms with E-state index in [1.54, 1.807) is 18.3 Å². The number of benzene rings is 1. The molecule has 3 aromatic rings. The Hall–Kier alpha value is -2.38. The Morgan fingerprint density at radius 1 is 1.25 bits per heavy atom. The van der Waals surface area contributed by atoms with Crippen LogP contribution < -0.4 is 15.8 Å². The summed E-state index contributed by atoms with van der Waals surface area (Å²) in [6.45, 7) is 0.384. The van der Waals surface area contributed by atoms with Crippen LogP contribution in [-0.4, -0.2) is 10.9 Å². The molecule has 0 aliphatic carbocycles. The SMILES string of the molecule is Nc1ncccc1C(=O)NCc1cc(Oc2ccccc2)c(Br)s1. The molecule has 0 fully saturated rings. The molecule has 3 rings (SSSR count). The summed E-state index contributed by atoms with van der Waals surface area (Å²) in [5.74, 6) is 1.44. The van der Waals surface area contributed by atoms with Crippen LogP contribution in [0.15, 0.2) is 58.5 Å². The first kappa shape index (κ1) is 16.5. The van der Waals surface area contributed by atoms with E-state index in [1.807, 2.05) is 36.4 Å². The molecule has 5 nitrogen and oxygen atoms in total. The van der Waals surface area contributed by atoms with E-state index in [0.29, 0.717) is 12.1 Å². The Bertz CT molecular complexity index is 852. The number of thiophene rings is 1. The zero-order valence-corrected chi connectivity index (χ0v) is 14.9. The molecule has 0 unspecified atom stereocenters. The summed E-state index contributed by atoms with van der Waals surface area (Å²) in [6, 6.07) is 14.7. The van der Waals surface area contributed by atoms with E-state index in [1.165, 1.54) is 11.3 Å². The number of carbonyl (C=O) groups excluding carboxylic acids is 1. The normalized spacial score (nSPS) is 10.4. The van der Waals surface area contributed by atoms with Crippen LogP contribution in [0, 0.1) is 0 Å². The van der Waals surface area contributed by atoms with E-state index in [9.17, 15) is 4.79 Å². The van der Waals surface area contributed by atoms with Crippen molar-refractivity contribution in [3.63, 3.8) is 0 Å². The predicted octanol–water partition coefficient (Wildman–Crippen LogP) is 4.21. The Labute approximate surface area is 151 Å². The third-order valence-corrected chi connectivity index (χ3v) is 4.97. The molecule has 2 heterocycles. The first-order chi connectivity index (χ1) is 11.6. The van der Waals surface area contributed by atoms with Gasteiger partial charge in [0.15, 0.2) is 5.75 Å². The maximum atomic E-state index is 12.2. The standard InChI is InChI=1S/C17H14BrN3O2S/c18-15-14(23-11-5-2-1-3-6-11)9-12(24-15)10-21-17(22)13-7-4-8-20-16(13)19/h1-9H,10H2,(H2,19,20)(H,21,22). The maximum absolute atomic E-state index is 12.2. The highest BCUT2D eigenvalue weighted by Crippen LogP contribution is 2.37. The van der Waals surface area contributed by atoms with Gasteiger partial charge in [-0.15, -0.1) is 11.3 Å². The number of carbonyl (C=O) groups is 1. The molecule has 0 aliphatic rings. The number of nitrogens with two attached hydrogens (primary N) is 1. The summed E-state index contributed by atoms with van der Waals surface area (Å²) < 4.78 is 6.69. The van der Waals surface area contributed by atoms with Gasteiger partial charge in [-0.1, -0.05) is 18.2 Å². The number of anilines is 1. The lowest BCUT2D eigenvalue weighted by atomic mass is 10.2. The second-order valence-corrected chi connectivity index (χ2v) is 7.34. The number of nitrogens with one attached hydrogen (secondary N) is 1. The lowest BCUT2D eigenvalue weighted by Gasteiger charge is -2.05. The van der Waals surface area contributed by atoms with E-state index >= 15 is 0 Å². The summed E-state index contributed by atoms with van der Waals surface area (Å²) >= 11 is 4.99. The topological polar surface area (TPSA) is 77.2 Å². The average Bonchev–Trinajstić information content (AvgIpc) is 2.94. The Kier molecular flexibility index (Phi) is 5.12. The number of pyridine rings is 1. The Morgan fingerprint density at radius 3 is 2.79 bits per heavy atom. The summed E-state index contributed by atoms with van der Waals surface area (Å²) in [7, 11) is 0. The van der Waals surface area contributed by atoms with Crippen molar-refractivity contribution < 1.29 is 9.53 Å². The second kappa shape index (κ2) is 7.46. The van der Waals surface area contributed by atoms with Gasteiger partial charge in [-0.05, 0) is 46.3 Å². The molecular formula is C17H14BrN3O2S. The molecular weight excluding hydrogens is 390 g/mol. The van der Waals surface area contributed by atoms with Crippen LogP contribution in [0.4, 0.5) is 5.82 Å². The number of amides is 1. The number of rotatable bonds is 5. The Morgan fingerprint density at radius 2 is 2.04 bits per heavy atom. The minimum Gasteiger partial charge on any atom is -0.455 e. The van der Waals surface area contributed by atoms with Crippen LogP contribution in [0.1, 0.15) is 15.2 Å². The first-order valence-corrected chi connectivity index (χ1v) is 8.74. The van der Waals surface area contributed by atoms with Crippen molar-refractivity contribution in [3.8, 4) is 11.5 Å². The average molecular weight is 404 g/mol. The molecule has 0 saturated heterocycles. The number of aromatic nitrogens is 1. The molecule has 24 heavy (non-hydrogen) atoms. The van der Waals surface area contributed by atoms with Gasteiger partial charge in [-0.2, -0.15) is 0 Å². The number of halogens is 1. The largest absolute Gasteiger partial charge is 0.455 e. The van der Waals surface area contributed by atoms with Gasteiger partial charge in [0.05, 0.1) is 12.1 Å². The first-order valence-electron chi connectivity index (χ1n) is 7.13. The van der Waals surface area contributed by atoms with Crippen molar-refractivity contribution in [3.05, 3.63) is 69.0 Å². The van der Waals surface area contributed by atoms with Gasteiger partial charge in [0.25, 0.3) is 5.91 Å². The maximum Gasteiger partial charge on any atom is 0.255 e. The molecule has 3 N–H and O–H groups in total. The van der Waals surface area contributed by atoms with E-state index in [0.717, 1.165) is 20.2 Å². The van der Waals surface area contributed by atoms with Crippen LogP contribution in [0.3, 0.4) is 0 Å². The number of hydrogen-bond donors (Lipinski definition) is 2. The molecule has 0 bridgehead atoms. The summed E-state index contributed by atoms with van der Waals surface area (Å²) in [5.41, 5.74) is 6.08. The van der Waals surface area contributed by atoms with Crippen LogP contribution in [0.25, 0.3) is 0 Å². The number of nitrogen functional groups attached to an aromatic ring is 1. The van der Waals surface area contributed by atoms with E-state index in [-0.39, 0.29) is 11.7 Å². The molecule has 2 aromatic heterocycles. The number of nitrogens with zero attached hydrogens (tertiary/aromatic N) is 1. The molecule has 0 aliphatic heterocycles. The van der Waals surface area contributed by atoms with Crippen LogP contribution >= 0.6 is 27.3 Å². The van der Waals surface area contributed by atoms with Crippen molar-refractivity contribution in [1.29, 1.82) is 0 Å². The predicted molar refractivity (Wildman–Crippen MR) is 98.4 cm³/mol. The van der Waals surface area contributed by atoms with E-state index < -0.39 is 0 Å². The number of para-hydroxylation sites is 1. The lowest BCUT2D eigenvalue weighted by molar-refractivity contribution is 0.0952. The molecule has 0 atom stereocenters. The summed E-state index contributed by atoms with van der Waals surface area (Å²) in [6.07, 6.45) is 1.55. The minimum atomic E-state index is -0.254. The number of hydrogen-bond acceptors (Lipinski definition) is 5. The van der Waals surface area contributed by atoms with Crippen LogP contribution in [-0.2, 0) is 6.54 Å². The monoisotopic (exact) mass is 403 g/mol. The second-order valence-electron chi connectivity index (χ2n) is 4.88. The molecule has 0 radical (unpaired) electrons. The number of ether oxygens (including phenoxy) is 1. The summed E-state index contributed by atoms with van der Waals surface area (Å²) in [5, 5.41) is 2.84. The quantitative estimate of drug-likeness (QED) is 0.668. The molecule has 122 valence electrons. The highest BCUT2D eigenvalue weighted by molar-refractivity contribution is 9.11. The van der Waals surface area contributed by atoms with Gasteiger partial charge in [0.2, 0.25) is 0 Å². The highest BCUT2D eigenvalue weighted by atomic mass is 79.9. The molecule has 0 saturated carbocycles. The van der Waals surface area contributed by atoms with Crippen molar-refractivity contribution in [2.24, 2.45) is 0 Å². The third kappa shape index (κ3) is 3.93. The van der Waals surface area contributed by atoms with Crippen LogP contribution in [0.5, 0.6) is 11.5 Å². The van der Waals surface area contributed by atoms with Gasteiger partial charge in [0, 0.05) is 11.1 Å². The smallest absolute Gasteiger partial charge is 0.255 e. The fourth-order valence-corrected chi connectivity index (χ4v) is 3.60. The highest BCUT2D eigenvalue weighted by Gasteiger charge is 2.12. The minimum absolute atomic E-state index is 0.218. The van der Waals surface area contributed by atoms with Crippen molar-refractivity contribution in [1.82, 2.24) is 10.3 Å². The fourth-order valence-electron chi connectivity index (χ4n) is 2.04. The van der Waals surface area contributed by atoms with E-state index in [4.69, 9.17) is 10.5 Å². The van der Waals surface area contributed by atoms with Gasteiger partial charge in [-0.3, -0.25) is 4.79 Å². The molecule has 1 amide bonds. The molecule has 7 heteroatoms. The zero-order chi connectivity index (χ0) is 16.9. The van der Waals surface area contributed by atoms with Gasteiger partial charge >= 0.3 is 0 Å². The van der Waals surface area contributed by atoms with Crippen LogP contribution in [0.2, 0.25) is 0 Å².